The number of nitrogens with zero attached hydrogens (tertiary/aromatic N) is 2. The van der Waals surface area contributed by atoms with Crippen LogP contribution in [0.1, 0.15) is 0 Å². The van der Waals surface area contributed by atoms with Gasteiger partial charge in [0, 0.05) is 10.9 Å². The van der Waals surface area contributed by atoms with Crippen molar-refractivity contribution in [3.63, 3.8) is 0 Å². The van der Waals surface area contributed by atoms with Gasteiger partial charge in [0.05, 0.1) is 11.1 Å². The van der Waals surface area contributed by atoms with E-state index >= 15 is 0 Å². The Morgan fingerprint density at radius 1 is 0.850 bits per heavy atom. The number of halogens is 1. The second kappa shape index (κ2) is 4.42. The summed E-state index contributed by atoms with van der Waals surface area (Å²) in [7, 11) is 0. The van der Waals surface area contributed by atoms with Crippen molar-refractivity contribution in [2.24, 2.45) is 0 Å². The van der Waals surface area contributed by atoms with E-state index in [0.29, 0.717) is 10.4 Å². The lowest BCUT2D eigenvalue weighted by Crippen LogP contribution is -1.89. The average molecular weight is 325 g/mol. The molecule has 0 radical (unpaired) electrons. The molecule has 2 aromatic carbocycles. The van der Waals surface area contributed by atoms with Gasteiger partial charge in [-0.2, -0.15) is 4.98 Å². The first-order chi connectivity index (χ1) is 9.83. The van der Waals surface area contributed by atoms with Crippen molar-refractivity contribution in [2.75, 3.05) is 0 Å². The number of furan rings is 1. The Morgan fingerprint density at radius 3 is 2.45 bits per heavy atom. The maximum Gasteiger partial charge on any atom is 0.232 e. The highest BCUT2D eigenvalue weighted by atomic mass is 79.9. The van der Waals surface area contributed by atoms with Crippen LogP contribution in [0, 0.1) is 0 Å². The Labute approximate surface area is 123 Å². The lowest BCUT2D eigenvalue weighted by molar-refractivity contribution is 0.651. The largest absolute Gasteiger partial charge is 0.438 e. The van der Waals surface area contributed by atoms with Crippen molar-refractivity contribution in [2.45, 2.75) is 0 Å². The molecule has 20 heavy (non-hydrogen) atoms. The van der Waals surface area contributed by atoms with E-state index in [1.165, 1.54) is 0 Å². The zero-order chi connectivity index (χ0) is 13.5. The van der Waals surface area contributed by atoms with Crippen molar-refractivity contribution in [1.82, 2.24) is 9.97 Å². The Morgan fingerprint density at radius 2 is 1.60 bits per heavy atom. The first-order valence-electron chi connectivity index (χ1n) is 6.23. The number of fused-ring (bicyclic) bond motifs is 3. The summed E-state index contributed by atoms with van der Waals surface area (Å²) in [6, 6.07) is 18.0. The Bertz CT molecular complexity index is 916. The molecule has 0 saturated carbocycles. The number of para-hydroxylation sites is 1. The summed E-state index contributed by atoms with van der Waals surface area (Å²) in [5, 5.41) is 1.99. The predicted octanol–water partition coefficient (Wildman–Crippen LogP) is 4.81. The third-order valence-corrected chi connectivity index (χ3v) is 3.61. The number of rotatable bonds is 1. The van der Waals surface area contributed by atoms with E-state index < -0.39 is 0 Å². The van der Waals surface area contributed by atoms with Gasteiger partial charge in [0.25, 0.3) is 0 Å². The third-order valence-electron chi connectivity index (χ3n) is 3.26. The highest BCUT2D eigenvalue weighted by Crippen LogP contribution is 2.34. The highest BCUT2D eigenvalue weighted by molar-refractivity contribution is 9.10. The molecule has 0 unspecified atom stereocenters. The maximum atomic E-state index is 5.81. The van der Waals surface area contributed by atoms with Gasteiger partial charge in [-0.25, -0.2) is 4.98 Å². The van der Waals surface area contributed by atoms with Crippen LogP contribution in [0.4, 0.5) is 0 Å². The van der Waals surface area contributed by atoms with Gasteiger partial charge in [0.1, 0.15) is 5.58 Å². The van der Waals surface area contributed by atoms with Crippen LogP contribution in [0.2, 0.25) is 0 Å². The normalized spacial score (nSPS) is 11.2. The summed E-state index contributed by atoms with van der Waals surface area (Å²) >= 11 is 3.36. The smallest absolute Gasteiger partial charge is 0.232 e. The molecule has 4 heteroatoms. The zero-order valence-electron chi connectivity index (χ0n) is 10.4. The highest BCUT2D eigenvalue weighted by Gasteiger charge is 2.15. The van der Waals surface area contributed by atoms with Crippen LogP contribution in [0.5, 0.6) is 0 Å². The number of hydrogen-bond donors (Lipinski definition) is 0. The fraction of sp³-hybridized carbons (Fsp3) is 0. The standard InChI is InChI=1S/C16H9BrN2O/c17-16-18-14(10-6-2-1-3-7-10)13-11-8-4-5-9-12(11)20-15(13)19-16/h1-9H. The van der Waals surface area contributed by atoms with Crippen LogP contribution in [0.25, 0.3) is 33.3 Å². The van der Waals surface area contributed by atoms with Crippen LogP contribution in [-0.4, -0.2) is 9.97 Å². The quantitative estimate of drug-likeness (QED) is 0.472. The molecule has 96 valence electrons. The molecule has 0 atom stereocenters. The molecular weight excluding hydrogens is 316 g/mol. The molecule has 3 nitrogen and oxygen atoms in total. The lowest BCUT2D eigenvalue weighted by atomic mass is 10.1. The first kappa shape index (κ1) is 11.6. The summed E-state index contributed by atoms with van der Waals surface area (Å²) in [4.78, 5) is 8.88. The molecule has 0 fully saturated rings. The molecule has 2 aromatic heterocycles. The van der Waals surface area contributed by atoms with Crippen molar-refractivity contribution >= 4 is 38.0 Å². The number of hydrogen-bond acceptors (Lipinski definition) is 3. The topological polar surface area (TPSA) is 38.9 Å². The first-order valence-corrected chi connectivity index (χ1v) is 7.02. The summed E-state index contributed by atoms with van der Waals surface area (Å²) in [5.41, 5.74) is 3.36. The van der Waals surface area contributed by atoms with E-state index in [1.807, 2.05) is 54.6 Å². The van der Waals surface area contributed by atoms with Crippen LogP contribution in [0.15, 0.2) is 63.7 Å². The Balaban J connectivity index is 2.19. The summed E-state index contributed by atoms with van der Waals surface area (Å²) in [6.07, 6.45) is 0. The number of benzene rings is 2. The Hall–Kier alpha value is -2.20. The molecular formula is C16H9BrN2O. The van der Waals surface area contributed by atoms with Gasteiger partial charge in [-0.15, -0.1) is 0 Å². The van der Waals surface area contributed by atoms with Crippen LogP contribution in [-0.2, 0) is 0 Å². The van der Waals surface area contributed by atoms with Gasteiger partial charge in [-0.1, -0.05) is 48.5 Å². The second-order valence-corrected chi connectivity index (χ2v) is 5.19. The molecule has 0 N–H and O–H groups in total. The van der Waals surface area contributed by atoms with Crippen LogP contribution in [0.3, 0.4) is 0 Å². The fourth-order valence-electron chi connectivity index (χ4n) is 2.40. The van der Waals surface area contributed by atoms with Crippen LogP contribution >= 0.6 is 15.9 Å². The minimum Gasteiger partial charge on any atom is -0.438 e. The van der Waals surface area contributed by atoms with E-state index in [-0.39, 0.29) is 0 Å². The molecule has 4 aromatic rings. The molecule has 0 spiro atoms. The van der Waals surface area contributed by atoms with Crippen molar-refractivity contribution in [1.29, 1.82) is 0 Å². The van der Waals surface area contributed by atoms with Crippen LogP contribution < -0.4 is 0 Å². The molecule has 4 rings (SSSR count). The van der Waals surface area contributed by atoms with Gasteiger partial charge in [-0.3, -0.25) is 0 Å². The average Bonchev–Trinajstić information content (AvgIpc) is 2.85. The Kier molecular flexibility index (Phi) is 2.57. The third kappa shape index (κ3) is 1.72. The summed E-state index contributed by atoms with van der Waals surface area (Å²) in [5.74, 6) is 0. The molecule has 0 amide bonds. The minimum absolute atomic E-state index is 0.530. The second-order valence-electron chi connectivity index (χ2n) is 4.49. The van der Waals surface area contributed by atoms with Gasteiger partial charge in [0.2, 0.25) is 10.4 Å². The van der Waals surface area contributed by atoms with E-state index in [0.717, 1.165) is 27.6 Å². The van der Waals surface area contributed by atoms with Gasteiger partial charge in [0.15, 0.2) is 0 Å². The van der Waals surface area contributed by atoms with Gasteiger partial charge >= 0.3 is 0 Å². The summed E-state index contributed by atoms with van der Waals surface area (Å²) in [6.45, 7) is 0. The maximum absolute atomic E-state index is 5.81. The van der Waals surface area contributed by atoms with E-state index in [2.05, 4.69) is 25.9 Å². The van der Waals surface area contributed by atoms with Gasteiger partial charge < -0.3 is 4.42 Å². The monoisotopic (exact) mass is 324 g/mol. The van der Waals surface area contributed by atoms with E-state index in [9.17, 15) is 0 Å². The van der Waals surface area contributed by atoms with Crippen molar-refractivity contribution < 1.29 is 4.42 Å². The number of aromatic nitrogens is 2. The van der Waals surface area contributed by atoms with Crippen molar-refractivity contribution in [3.05, 3.63) is 59.3 Å². The predicted molar refractivity (Wildman–Crippen MR) is 82.4 cm³/mol. The van der Waals surface area contributed by atoms with E-state index in [1.54, 1.807) is 0 Å². The molecule has 0 saturated heterocycles. The lowest BCUT2D eigenvalue weighted by Gasteiger charge is -2.02. The molecule has 0 aliphatic carbocycles. The summed E-state index contributed by atoms with van der Waals surface area (Å²) < 4.78 is 6.34. The minimum atomic E-state index is 0.530. The van der Waals surface area contributed by atoms with Gasteiger partial charge in [-0.05, 0) is 22.0 Å². The fourth-order valence-corrected chi connectivity index (χ4v) is 2.74. The molecule has 0 aliphatic heterocycles. The van der Waals surface area contributed by atoms with E-state index in [4.69, 9.17) is 4.42 Å². The molecule has 0 aliphatic rings. The molecule has 2 heterocycles. The van der Waals surface area contributed by atoms with Crippen molar-refractivity contribution in [3.8, 4) is 11.3 Å². The zero-order valence-corrected chi connectivity index (χ0v) is 12.0. The molecule has 0 bridgehead atoms. The SMILES string of the molecule is Brc1nc(-c2ccccc2)c2c(n1)oc1ccccc12.